The molecule has 0 amide bonds. The van der Waals surface area contributed by atoms with Gasteiger partial charge in [-0.25, -0.2) is 8.42 Å². The fraction of sp³-hybridized carbons (Fsp3) is 0.474. The summed E-state index contributed by atoms with van der Waals surface area (Å²) in [5.41, 5.74) is 0.963. The molecule has 1 N–H and O–H groups in total. The smallest absolute Gasteiger partial charge is 0.252 e. The fourth-order valence-corrected chi connectivity index (χ4v) is 5.79. The standard InChI is InChI=1S/C19H26N2O4S2/c1-2-3-12-25-15-17-14-20(27(23,24)19-5-4-13-26-19)10-11-21(17)16-6-8-18(22)9-7-16/h4-9,13,17,22H,2-3,10-12,14-15H2,1H3/t17-/m1/s1. The molecule has 0 spiro atoms. The SMILES string of the molecule is CCCCOC[C@H]1CN(S(=O)(=O)c2cccs2)CCN1c1ccc(O)cc1. The van der Waals surface area contributed by atoms with Gasteiger partial charge < -0.3 is 14.7 Å². The summed E-state index contributed by atoms with van der Waals surface area (Å²) < 4.78 is 33.6. The van der Waals surface area contributed by atoms with Gasteiger partial charge in [-0.1, -0.05) is 19.4 Å². The van der Waals surface area contributed by atoms with Gasteiger partial charge in [0.15, 0.2) is 0 Å². The van der Waals surface area contributed by atoms with Crippen molar-refractivity contribution in [2.75, 3.05) is 37.7 Å². The Bertz CT molecular complexity index is 807. The van der Waals surface area contributed by atoms with E-state index >= 15 is 0 Å². The number of piperazine rings is 1. The van der Waals surface area contributed by atoms with Crippen LogP contribution in [-0.4, -0.2) is 56.7 Å². The lowest BCUT2D eigenvalue weighted by molar-refractivity contribution is 0.104. The second kappa shape index (κ2) is 9.05. The molecule has 1 fully saturated rings. The monoisotopic (exact) mass is 410 g/mol. The van der Waals surface area contributed by atoms with Gasteiger partial charge in [-0.3, -0.25) is 0 Å². The van der Waals surface area contributed by atoms with E-state index in [9.17, 15) is 13.5 Å². The molecule has 0 radical (unpaired) electrons. The number of thiophene rings is 1. The molecule has 148 valence electrons. The van der Waals surface area contributed by atoms with Crippen molar-refractivity contribution in [3.05, 3.63) is 41.8 Å². The van der Waals surface area contributed by atoms with Crippen LogP contribution in [-0.2, 0) is 14.8 Å². The summed E-state index contributed by atoms with van der Waals surface area (Å²) in [5, 5.41) is 11.3. The Morgan fingerprint density at radius 3 is 2.67 bits per heavy atom. The lowest BCUT2D eigenvalue weighted by Crippen LogP contribution is -2.56. The molecule has 1 aliphatic heterocycles. The number of phenols is 1. The molecule has 1 atom stereocenters. The third-order valence-corrected chi connectivity index (χ3v) is 7.91. The third kappa shape index (κ3) is 4.82. The van der Waals surface area contributed by atoms with E-state index in [4.69, 9.17) is 4.74 Å². The van der Waals surface area contributed by atoms with Gasteiger partial charge in [0.25, 0.3) is 10.0 Å². The van der Waals surface area contributed by atoms with Crippen LogP contribution in [0, 0.1) is 0 Å². The predicted molar refractivity (Wildman–Crippen MR) is 108 cm³/mol. The van der Waals surface area contributed by atoms with Gasteiger partial charge in [0, 0.05) is 31.9 Å². The Morgan fingerprint density at radius 2 is 2.00 bits per heavy atom. The zero-order valence-electron chi connectivity index (χ0n) is 15.5. The number of ether oxygens (including phenoxy) is 1. The van der Waals surface area contributed by atoms with E-state index in [-0.39, 0.29) is 11.8 Å². The van der Waals surface area contributed by atoms with E-state index in [1.807, 2.05) is 12.1 Å². The fourth-order valence-electron chi connectivity index (χ4n) is 3.18. The minimum Gasteiger partial charge on any atom is -0.508 e. The number of hydrogen-bond acceptors (Lipinski definition) is 6. The molecule has 2 heterocycles. The van der Waals surface area contributed by atoms with E-state index in [1.54, 1.807) is 34.0 Å². The van der Waals surface area contributed by atoms with Crippen molar-refractivity contribution in [2.24, 2.45) is 0 Å². The normalized spacial score (nSPS) is 18.7. The average Bonchev–Trinajstić information content (AvgIpc) is 3.21. The Balaban J connectivity index is 1.77. The van der Waals surface area contributed by atoms with Gasteiger partial charge in [-0.2, -0.15) is 4.31 Å². The highest BCUT2D eigenvalue weighted by Crippen LogP contribution is 2.27. The van der Waals surface area contributed by atoms with E-state index in [1.165, 1.54) is 11.3 Å². The molecule has 6 nitrogen and oxygen atoms in total. The molecule has 0 unspecified atom stereocenters. The van der Waals surface area contributed by atoms with E-state index in [2.05, 4.69) is 11.8 Å². The average molecular weight is 411 g/mol. The number of rotatable bonds is 8. The van der Waals surface area contributed by atoms with Crippen molar-refractivity contribution in [1.29, 1.82) is 0 Å². The maximum atomic E-state index is 12.9. The van der Waals surface area contributed by atoms with Crippen LogP contribution >= 0.6 is 11.3 Å². The lowest BCUT2D eigenvalue weighted by Gasteiger charge is -2.42. The molecule has 0 bridgehead atoms. The molecule has 0 aliphatic carbocycles. The number of phenolic OH excluding ortho intramolecular Hbond substituents is 1. The first-order valence-electron chi connectivity index (χ1n) is 9.19. The first-order valence-corrected chi connectivity index (χ1v) is 11.5. The maximum absolute atomic E-state index is 12.9. The minimum absolute atomic E-state index is 0.0742. The number of unbranched alkanes of at least 4 members (excludes halogenated alkanes) is 1. The van der Waals surface area contributed by atoms with Crippen molar-refractivity contribution >= 4 is 27.0 Å². The topological polar surface area (TPSA) is 70.1 Å². The van der Waals surface area contributed by atoms with Crippen LogP contribution in [0.15, 0.2) is 46.0 Å². The Kier molecular flexibility index (Phi) is 6.75. The summed E-state index contributed by atoms with van der Waals surface area (Å²) in [7, 11) is -3.47. The van der Waals surface area contributed by atoms with Crippen molar-refractivity contribution in [3.63, 3.8) is 0 Å². The highest BCUT2D eigenvalue weighted by molar-refractivity contribution is 7.91. The van der Waals surface area contributed by atoms with Crippen molar-refractivity contribution in [3.8, 4) is 5.75 Å². The Hall–Kier alpha value is -1.61. The number of sulfonamides is 1. The van der Waals surface area contributed by atoms with Crippen LogP contribution in [0.25, 0.3) is 0 Å². The van der Waals surface area contributed by atoms with Gasteiger partial charge in [-0.05, 0) is 42.1 Å². The van der Waals surface area contributed by atoms with Crippen LogP contribution in [0.5, 0.6) is 5.75 Å². The number of hydrogen-bond donors (Lipinski definition) is 1. The largest absolute Gasteiger partial charge is 0.508 e. The molecular weight excluding hydrogens is 384 g/mol. The minimum atomic E-state index is -3.47. The number of anilines is 1. The highest BCUT2D eigenvalue weighted by Gasteiger charge is 2.35. The summed E-state index contributed by atoms with van der Waals surface area (Å²) in [6.45, 7) is 4.64. The van der Waals surface area contributed by atoms with Crippen LogP contribution in [0.2, 0.25) is 0 Å². The summed E-state index contributed by atoms with van der Waals surface area (Å²) in [6.07, 6.45) is 2.05. The Labute approximate surface area is 165 Å². The first-order chi connectivity index (χ1) is 13.0. The molecule has 2 aromatic rings. The number of aromatic hydroxyl groups is 1. The number of benzene rings is 1. The second-order valence-corrected chi connectivity index (χ2v) is 9.70. The predicted octanol–water partition coefficient (Wildman–Crippen LogP) is 3.15. The van der Waals surface area contributed by atoms with E-state index in [0.717, 1.165) is 18.5 Å². The van der Waals surface area contributed by atoms with Crippen LogP contribution in [0.3, 0.4) is 0 Å². The van der Waals surface area contributed by atoms with E-state index < -0.39 is 10.0 Å². The molecule has 8 heteroatoms. The van der Waals surface area contributed by atoms with Gasteiger partial charge in [0.05, 0.1) is 12.6 Å². The summed E-state index contributed by atoms with van der Waals surface area (Å²) in [6, 6.07) is 10.4. The van der Waals surface area contributed by atoms with Crippen LogP contribution in [0.4, 0.5) is 5.69 Å². The molecule has 1 aliphatic rings. The summed E-state index contributed by atoms with van der Waals surface area (Å²) in [4.78, 5) is 2.17. The van der Waals surface area contributed by atoms with Gasteiger partial charge in [0.2, 0.25) is 0 Å². The first kappa shape index (κ1) is 20.1. The summed E-state index contributed by atoms with van der Waals surface area (Å²) >= 11 is 1.25. The van der Waals surface area contributed by atoms with Gasteiger partial charge in [-0.15, -0.1) is 11.3 Å². The number of nitrogens with zero attached hydrogens (tertiary/aromatic N) is 2. The van der Waals surface area contributed by atoms with Gasteiger partial charge in [0.1, 0.15) is 9.96 Å². The van der Waals surface area contributed by atoms with Crippen molar-refractivity contribution < 1.29 is 18.3 Å². The van der Waals surface area contributed by atoms with Gasteiger partial charge >= 0.3 is 0 Å². The van der Waals surface area contributed by atoms with Crippen molar-refractivity contribution in [1.82, 2.24) is 4.31 Å². The molecule has 27 heavy (non-hydrogen) atoms. The highest BCUT2D eigenvalue weighted by atomic mass is 32.2. The molecule has 1 aromatic carbocycles. The molecule has 3 rings (SSSR count). The summed E-state index contributed by atoms with van der Waals surface area (Å²) in [5.74, 6) is 0.216. The van der Waals surface area contributed by atoms with Crippen molar-refractivity contribution in [2.45, 2.75) is 30.0 Å². The molecule has 1 aromatic heterocycles. The zero-order valence-corrected chi connectivity index (χ0v) is 17.1. The molecule has 1 saturated heterocycles. The molecule has 0 saturated carbocycles. The second-order valence-electron chi connectivity index (χ2n) is 6.59. The third-order valence-electron chi connectivity index (χ3n) is 4.67. The quantitative estimate of drug-likeness (QED) is 0.677. The Morgan fingerprint density at radius 1 is 1.22 bits per heavy atom. The van der Waals surface area contributed by atoms with Crippen LogP contribution in [0.1, 0.15) is 19.8 Å². The van der Waals surface area contributed by atoms with E-state index in [0.29, 0.717) is 37.1 Å². The zero-order chi connectivity index (χ0) is 19.3. The maximum Gasteiger partial charge on any atom is 0.252 e. The lowest BCUT2D eigenvalue weighted by atomic mass is 10.1. The van der Waals surface area contributed by atoms with Crippen LogP contribution < -0.4 is 4.90 Å². The molecular formula is C19H26N2O4S2.